The first-order valence-corrected chi connectivity index (χ1v) is 9.75. The highest BCUT2D eigenvalue weighted by atomic mass is 35.5. The fraction of sp³-hybridized carbons (Fsp3) is 0.400. The summed E-state index contributed by atoms with van der Waals surface area (Å²) in [4.78, 5) is 23.3. The number of carbonyl (C=O) groups is 1. The Kier molecular flexibility index (Phi) is 4.10. The number of pyridine rings is 1. The molecule has 1 aromatic heterocycles. The average molecular weight is 401 g/mol. The molecule has 0 atom stereocenters. The Morgan fingerprint density at radius 3 is 2.82 bits per heavy atom. The van der Waals surface area contributed by atoms with E-state index in [2.05, 4.69) is 9.88 Å². The molecule has 0 radical (unpaired) electrons. The number of hydrogen-bond donors (Lipinski definition) is 1. The molecule has 2 amide bonds. The monoisotopic (exact) mass is 400 g/mol. The van der Waals surface area contributed by atoms with Crippen LogP contribution >= 0.6 is 11.6 Å². The summed E-state index contributed by atoms with van der Waals surface area (Å²) in [5.41, 5.74) is 1.61. The van der Waals surface area contributed by atoms with E-state index >= 15 is 0 Å². The number of benzene rings is 1. The van der Waals surface area contributed by atoms with Crippen LogP contribution < -0.4 is 14.5 Å². The van der Waals surface area contributed by atoms with Crippen LogP contribution in [0.15, 0.2) is 36.4 Å². The normalized spacial score (nSPS) is 19.6. The van der Waals surface area contributed by atoms with Gasteiger partial charge in [0.25, 0.3) is 0 Å². The molecule has 0 saturated carbocycles. The highest BCUT2D eigenvalue weighted by molar-refractivity contribution is 6.30. The quantitative estimate of drug-likeness (QED) is 0.838. The van der Waals surface area contributed by atoms with Crippen LogP contribution in [0.2, 0.25) is 5.02 Å². The number of anilines is 2. The van der Waals surface area contributed by atoms with E-state index in [4.69, 9.17) is 16.3 Å². The molecule has 3 aliphatic rings. The van der Waals surface area contributed by atoms with E-state index in [-0.39, 0.29) is 18.1 Å². The van der Waals surface area contributed by atoms with Crippen molar-refractivity contribution in [1.29, 1.82) is 0 Å². The molecule has 4 heterocycles. The molecule has 2 saturated heterocycles. The molecule has 0 bridgehead atoms. The Bertz CT molecular complexity index is 923. The molecule has 8 heteroatoms. The van der Waals surface area contributed by atoms with Gasteiger partial charge in [-0.1, -0.05) is 17.7 Å². The number of halogens is 1. The molecule has 1 spiro atoms. The highest BCUT2D eigenvalue weighted by Crippen LogP contribution is 2.43. The third kappa shape index (κ3) is 2.86. The van der Waals surface area contributed by atoms with Crippen molar-refractivity contribution < 1.29 is 14.6 Å². The zero-order chi connectivity index (χ0) is 19.3. The molecule has 0 unspecified atom stereocenters. The van der Waals surface area contributed by atoms with Crippen LogP contribution in [0.25, 0.3) is 0 Å². The van der Waals surface area contributed by atoms with Crippen LogP contribution in [0.5, 0.6) is 5.75 Å². The predicted octanol–water partition coefficient (Wildman–Crippen LogP) is 2.37. The number of amides is 2. The molecule has 28 heavy (non-hydrogen) atoms. The fourth-order valence-electron chi connectivity index (χ4n) is 4.32. The van der Waals surface area contributed by atoms with Crippen LogP contribution in [-0.4, -0.2) is 60.4 Å². The largest absolute Gasteiger partial charge is 0.489 e. The molecule has 1 N–H and O–H groups in total. The number of aliphatic hydroxyl groups excluding tert-OH is 1. The number of likely N-dealkylation sites (tertiary alicyclic amines) is 1. The van der Waals surface area contributed by atoms with Crippen molar-refractivity contribution in [2.24, 2.45) is 5.41 Å². The van der Waals surface area contributed by atoms with Gasteiger partial charge in [0, 0.05) is 42.7 Å². The van der Waals surface area contributed by atoms with Crippen molar-refractivity contribution in [3.8, 4) is 5.75 Å². The molecule has 5 rings (SSSR count). The van der Waals surface area contributed by atoms with Gasteiger partial charge in [-0.15, -0.1) is 0 Å². The molecule has 3 aliphatic heterocycles. The fourth-order valence-corrected chi connectivity index (χ4v) is 4.48. The van der Waals surface area contributed by atoms with Gasteiger partial charge in [0.15, 0.2) is 0 Å². The van der Waals surface area contributed by atoms with Crippen LogP contribution in [-0.2, 0) is 6.61 Å². The zero-order valence-electron chi connectivity index (χ0n) is 15.3. The summed E-state index contributed by atoms with van der Waals surface area (Å²) < 4.78 is 5.64. The summed E-state index contributed by atoms with van der Waals surface area (Å²) in [5.74, 6) is 1.55. The Balaban J connectivity index is 1.22. The first-order chi connectivity index (χ1) is 13.6. The average Bonchev–Trinajstić information content (AvgIpc) is 2.65. The SMILES string of the molecule is O=C(N1CC2(C1)CN(c1cccc(CO)n1)C2)N1CCOc2cc(Cl)ccc21. The van der Waals surface area contributed by atoms with E-state index in [0.717, 1.165) is 37.7 Å². The Morgan fingerprint density at radius 2 is 2.04 bits per heavy atom. The molecule has 146 valence electrons. The number of aliphatic hydroxyl groups is 1. The van der Waals surface area contributed by atoms with Crippen LogP contribution in [0, 0.1) is 5.41 Å². The zero-order valence-corrected chi connectivity index (χ0v) is 16.1. The van der Waals surface area contributed by atoms with Crippen LogP contribution in [0.3, 0.4) is 0 Å². The lowest BCUT2D eigenvalue weighted by molar-refractivity contribution is 0.00925. The number of nitrogens with zero attached hydrogens (tertiary/aromatic N) is 4. The standard InChI is InChI=1S/C20H21ClN4O3/c21-14-4-5-16-17(8-14)28-7-6-25(16)19(27)24-12-20(13-24)10-23(11-20)18-3-1-2-15(9-26)22-18/h1-5,8,26H,6-7,9-13H2. The minimum Gasteiger partial charge on any atom is -0.489 e. The molecule has 7 nitrogen and oxygen atoms in total. The van der Waals surface area contributed by atoms with Gasteiger partial charge in [-0.2, -0.15) is 0 Å². The van der Waals surface area contributed by atoms with E-state index in [0.29, 0.717) is 29.6 Å². The van der Waals surface area contributed by atoms with Crippen molar-refractivity contribution in [3.63, 3.8) is 0 Å². The summed E-state index contributed by atoms with van der Waals surface area (Å²) in [7, 11) is 0. The van der Waals surface area contributed by atoms with Gasteiger partial charge in [-0.3, -0.25) is 4.90 Å². The maximum absolute atomic E-state index is 13.0. The first kappa shape index (κ1) is 17.6. The van der Waals surface area contributed by atoms with E-state index in [1.54, 1.807) is 17.0 Å². The number of carbonyl (C=O) groups excluding carboxylic acids is 1. The van der Waals surface area contributed by atoms with E-state index < -0.39 is 0 Å². The lowest BCUT2D eigenvalue weighted by Crippen LogP contribution is -2.74. The van der Waals surface area contributed by atoms with Crippen LogP contribution in [0.1, 0.15) is 5.69 Å². The first-order valence-electron chi connectivity index (χ1n) is 9.37. The number of urea groups is 1. The maximum Gasteiger partial charge on any atom is 0.324 e. The minimum absolute atomic E-state index is 0.0244. The number of hydrogen-bond acceptors (Lipinski definition) is 5. The lowest BCUT2D eigenvalue weighted by Gasteiger charge is -2.60. The smallest absolute Gasteiger partial charge is 0.324 e. The Labute approximate surface area is 168 Å². The minimum atomic E-state index is -0.0542. The second kappa shape index (κ2) is 6.53. The number of rotatable bonds is 2. The highest BCUT2D eigenvalue weighted by Gasteiger charge is 2.54. The molecule has 0 aliphatic carbocycles. The van der Waals surface area contributed by atoms with E-state index in [1.807, 2.05) is 29.2 Å². The van der Waals surface area contributed by atoms with Gasteiger partial charge in [0.05, 0.1) is 24.5 Å². The van der Waals surface area contributed by atoms with Gasteiger partial charge in [0.2, 0.25) is 0 Å². The number of ether oxygens (including phenoxy) is 1. The van der Waals surface area contributed by atoms with Gasteiger partial charge in [0.1, 0.15) is 18.2 Å². The van der Waals surface area contributed by atoms with E-state index in [9.17, 15) is 9.90 Å². The van der Waals surface area contributed by atoms with Crippen molar-refractivity contribution in [2.45, 2.75) is 6.61 Å². The van der Waals surface area contributed by atoms with Crippen LogP contribution in [0.4, 0.5) is 16.3 Å². The molecular formula is C20H21ClN4O3. The summed E-state index contributed by atoms with van der Waals surface area (Å²) >= 11 is 6.03. The van der Waals surface area contributed by atoms with Gasteiger partial charge in [-0.25, -0.2) is 9.78 Å². The Hall–Kier alpha value is -2.51. The van der Waals surface area contributed by atoms with Gasteiger partial charge >= 0.3 is 6.03 Å². The van der Waals surface area contributed by atoms with Gasteiger partial charge in [-0.05, 0) is 24.3 Å². The summed E-state index contributed by atoms with van der Waals surface area (Å²) in [5, 5.41) is 9.85. The third-order valence-electron chi connectivity index (χ3n) is 5.67. The molecular weight excluding hydrogens is 380 g/mol. The maximum atomic E-state index is 13.0. The van der Waals surface area contributed by atoms with Crippen molar-refractivity contribution in [2.75, 3.05) is 49.1 Å². The number of fused-ring (bicyclic) bond motifs is 1. The number of aromatic nitrogens is 1. The third-order valence-corrected chi connectivity index (χ3v) is 5.90. The topological polar surface area (TPSA) is 69.1 Å². The van der Waals surface area contributed by atoms with Crippen molar-refractivity contribution in [3.05, 3.63) is 47.1 Å². The van der Waals surface area contributed by atoms with E-state index in [1.165, 1.54) is 0 Å². The van der Waals surface area contributed by atoms with Gasteiger partial charge < -0.3 is 19.6 Å². The molecule has 2 fully saturated rings. The van der Waals surface area contributed by atoms with Crippen molar-refractivity contribution >= 4 is 29.1 Å². The second-order valence-electron chi connectivity index (χ2n) is 7.75. The molecule has 2 aromatic rings. The summed E-state index contributed by atoms with van der Waals surface area (Å²) in [6, 6.07) is 11.1. The second-order valence-corrected chi connectivity index (χ2v) is 8.19. The predicted molar refractivity (Wildman–Crippen MR) is 106 cm³/mol. The summed E-state index contributed by atoms with van der Waals surface area (Å²) in [6.45, 7) is 4.23. The Morgan fingerprint density at radius 1 is 1.21 bits per heavy atom. The molecule has 1 aromatic carbocycles. The summed E-state index contributed by atoms with van der Waals surface area (Å²) in [6.07, 6.45) is 0. The lowest BCUT2D eigenvalue weighted by atomic mass is 9.73. The van der Waals surface area contributed by atoms with Crippen molar-refractivity contribution in [1.82, 2.24) is 9.88 Å².